The van der Waals surface area contributed by atoms with Crippen LogP contribution in [-0.2, 0) is 9.53 Å². The number of nitrogens with zero attached hydrogens (tertiary/aromatic N) is 1. The Kier molecular flexibility index (Phi) is 3.05. The van der Waals surface area contributed by atoms with Crippen LogP contribution in [0.5, 0.6) is 0 Å². The fraction of sp³-hybridized carbons (Fsp3) is 0.875. The summed E-state index contributed by atoms with van der Waals surface area (Å²) in [6.07, 6.45) is 0.209. The van der Waals surface area contributed by atoms with Gasteiger partial charge in [-0.05, 0) is 13.8 Å². The Hall–Kier alpha value is -0.610. The molecule has 12 heavy (non-hydrogen) atoms. The van der Waals surface area contributed by atoms with Gasteiger partial charge in [0.25, 0.3) is 0 Å². The molecule has 1 aliphatic rings. The van der Waals surface area contributed by atoms with Crippen molar-refractivity contribution in [1.29, 1.82) is 0 Å². The van der Waals surface area contributed by atoms with Gasteiger partial charge in [0.05, 0.1) is 18.8 Å². The maximum absolute atomic E-state index is 10.8. The van der Waals surface area contributed by atoms with Gasteiger partial charge < -0.3 is 10.5 Å². The number of carbonyl (C=O) groups excluding carboxylic acids is 1. The van der Waals surface area contributed by atoms with Crippen molar-refractivity contribution >= 4 is 5.91 Å². The van der Waals surface area contributed by atoms with Gasteiger partial charge >= 0.3 is 0 Å². The first-order valence-corrected chi connectivity index (χ1v) is 4.26. The number of nitrogens with two attached hydrogens (primary N) is 1. The number of hydrogen-bond donors (Lipinski definition) is 1. The van der Waals surface area contributed by atoms with Crippen LogP contribution in [0.1, 0.15) is 13.8 Å². The second-order valence-electron chi connectivity index (χ2n) is 3.25. The molecule has 0 aliphatic carbocycles. The molecule has 4 nitrogen and oxygen atoms in total. The van der Waals surface area contributed by atoms with E-state index in [4.69, 9.17) is 10.5 Å². The molecule has 0 saturated carbocycles. The number of morpholine rings is 1. The summed E-state index contributed by atoms with van der Waals surface area (Å²) >= 11 is 0. The summed E-state index contributed by atoms with van der Waals surface area (Å²) < 4.78 is 5.34. The molecule has 0 aromatic heterocycles. The Labute approximate surface area is 72.7 Å². The molecule has 1 unspecified atom stereocenters. The van der Waals surface area contributed by atoms with Crippen molar-refractivity contribution < 1.29 is 9.53 Å². The number of ether oxygens (including phenoxy) is 1. The van der Waals surface area contributed by atoms with E-state index in [2.05, 4.69) is 4.90 Å². The maximum Gasteiger partial charge on any atom is 0.234 e. The highest BCUT2D eigenvalue weighted by molar-refractivity contribution is 5.79. The normalized spacial score (nSPS) is 28.3. The van der Waals surface area contributed by atoms with E-state index in [1.807, 2.05) is 13.8 Å². The van der Waals surface area contributed by atoms with E-state index in [-0.39, 0.29) is 18.1 Å². The Morgan fingerprint density at radius 3 is 2.92 bits per heavy atom. The van der Waals surface area contributed by atoms with Gasteiger partial charge in [-0.15, -0.1) is 0 Å². The summed E-state index contributed by atoms with van der Waals surface area (Å²) in [7, 11) is 0. The van der Waals surface area contributed by atoms with Gasteiger partial charge in [0.2, 0.25) is 5.91 Å². The summed E-state index contributed by atoms with van der Waals surface area (Å²) in [5, 5.41) is 0. The molecule has 1 amide bonds. The van der Waals surface area contributed by atoms with Crippen molar-refractivity contribution in [2.24, 2.45) is 5.73 Å². The van der Waals surface area contributed by atoms with Gasteiger partial charge in [0.1, 0.15) is 0 Å². The van der Waals surface area contributed by atoms with Crippen LogP contribution in [-0.4, -0.2) is 42.6 Å². The fourth-order valence-electron chi connectivity index (χ4n) is 1.38. The van der Waals surface area contributed by atoms with E-state index >= 15 is 0 Å². The third-order valence-corrected chi connectivity index (χ3v) is 2.23. The minimum absolute atomic E-state index is 0.170. The van der Waals surface area contributed by atoms with Crippen LogP contribution in [0.15, 0.2) is 0 Å². The van der Waals surface area contributed by atoms with E-state index in [1.165, 1.54) is 0 Å². The van der Waals surface area contributed by atoms with Gasteiger partial charge in [0, 0.05) is 13.1 Å². The van der Waals surface area contributed by atoms with Crippen molar-refractivity contribution in [3.05, 3.63) is 0 Å². The highest BCUT2D eigenvalue weighted by atomic mass is 16.5. The van der Waals surface area contributed by atoms with E-state index in [9.17, 15) is 4.79 Å². The third-order valence-electron chi connectivity index (χ3n) is 2.23. The molecular weight excluding hydrogens is 156 g/mol. The number of amides is 1. The van der Waals surface area contributed by atoms with Crippen LogP contribution in [0.4, 0.5) is 0 Å². The first-order valence-electron chi connectivity index (χ1n) is 4.26. The molecule has 4 heteroatoms. The fourth-order valence-corrected chi connectivity index (χ4v) is 1.38. The highest BCUT2D eigenvalue weighted by Gasteiger charge is 2.23. The van der Waals surface area contributed by atoms with Crippen molar-refractivity contribution in [1.82, 2.24) is 4.90 Å². The zero-order valence-electron chi connectivity index (χ0n) is 7.62. The average molecular weight is 172 g/mol. The molecule has 1 rings (SSSR count). The summed E-state index contributed by atoms with van der Waals surface area (Å²) in [5.41, 5.74) is 5.19. The lowest BCUT2D eigenvalue weighted by atomic mass is 10.2. The highest BCUT2D eigenvalue weighted by Crippen LogP contribution is 2.07. The van der Waals surface area contributed by atoms with Crippen LogP contribution < -0.4 is 5.73 Å². The largest absolute Gasteiger partial charge is 0.376 e. The first kappa shape index (κ1) is 9.48. The number of rotatable bonds is 2. The van der Waals surface area contributed by atoms with Gasteiger partial charge in [-0.3, -0.25) is 9.69 Å². The van der Waals surface area contributed by atoms with Crippen LogP contribution in [0.25, 0.3) is 0 Å². The Morgan fingerprint density at radius 2 is 2.42 bits per heavy atom. The van der Waals surface area contributed by atoms with E-state index in [1.54, 1.807) is 0 Å². The van der Waals surface area contributed by atoms with E-state index < -0.39 is 0 Å². The molecule has 0 aromatic carbocycles. The van der Waals surface area contributed by atoms with E-state index in [0.717, 1.165) is 13.1 Å². The van der Waals surface area contributed by atoms with E-state index in [0.29, 0.717) is 6.61 Å². The number of primary amides is 1. The van der Waals surface area contributed by atoms with Crippen LogP contribution >= 0.6 is 0 Å². The molecule has 1 aliphatic heterocycles. The summed E-state index contributed by atoms with van der Waals surface area (Å²) in [6, 6.07) is -0.170. The molecule has 2 atom stereocenters. The molecular formula is C8H16N2O2. The van der Waals surface area contributed by atoms with Crippen LogP contribution in [0, 0.1) is 0 Å². The molecule has 70 valence electrons. The summed E-state index contributed by atoms with van der Waals surface area (Å²) in [5.74, 6) is -0.260. The Balaban J connectivity index is 2.45. The lowest BCUT2D eigenvalue weighted by Gasteiger charge is -2.33. The smallest absolute Gasteiger partial charge is 0.234 e. The van der Waals surface area contributed by atoms with Crippen molar-refractivity contribution in [2.75, 3.05) is 19.7 Å². The Bertz CT molecular complexity index is 172. The topological polar surface area (TPSA) is 55.6 Å². The predicted molar refractivity (Wildman–Crippen MR) is 45.6 cm³/mol. The zero-order valence-corrected chi connectivity index (χ0v) is 7.62. The minimum Gasteiger partial charge on any atom is -0.376 e. The summed E-state index contributed by atoms with van der Waals surface area (Å²) in [6.45, 7) is 6.12. The maximum atomic E-state index is 10.8. The van der Waals surface area contributed by atoms with Crippen molar-refractivity contribution in [2.45, 2.75) is 26.0 Å². The van der Waals surface area contributed by atoms with Gasteiger partial charge in [-0.1, -0.05) is 0 Å². The van der Waals surface area contributed by atoms with Crippen molar-refractivity contribution in [3.8, 4) is 0 Å². The van der Waals surface area contributed by atoms with Crippen molar-refractivity contribution in [3.63, 3.8) is 0 Å². The molecule has 1 heterocycles. The number of carbonyl (C=O) groups is 1. The molecule has 0 spiro atoms. The second kappa shape index (κ2) is 3.87. The summed E-state index contributed by atoms with van der Waals surface area (Å²) in [4.78, 5) is 12.9. The SMILES string of the molecule is CC(C(N)=O)N1CCO[C@H](C)C1. The molecule has 0 aromatic rings. The molecule has 1 saturated heterocycles. The predicted octanol–water partition coefficient (Wildman–Crippen LogP) is -0.419. The average Bonchev–Trinajstić information content (AvgIpc) is 2.03. The zero-order chi connectivity index (χ0) is 9.14. The lowest BCUT2D eigenvalue weighted by Crippen LogP contribution is -2.50. The second-order valence-corrected chi connectivity index (χ2v) is 3.25. The molecule has 2 N–H and O–H groups in total. The van der Waals surface area contributed by atoms with Gasteiger partial charge in [-0.25, -0.2) is 0 Å². The van der Waals surface area contributed by atoms with Crippen LogP contribution in [0.2, 0.25) is 0 Å². The molecule has 0 radical (unpaired) electrons. The minimum atomic E-state index is -0.260. The number of hydrogen-bond acceptors (Lipinski definition) is 3. The lowest BCUT2D eigenvalue weighted by molar-refractivity contribution is -0.125. The first-order chi connectivity index (χ1) is 5.61. The van der Waals surface area contributed by atoms with Gasteiger partial charge in [-0.2, -0.15) is 0 Å². The standard InChI is InChI=1S/C8H16N2O2/c1-6-5-10(3-4-12-6)7(2)8(9)11/h6-7H,3-5H2,1-2H3,(H2,9,11)/t6-,7?/m1/s1. The molecule has 1 fully saturated rings. The monoisotopic (exact) mass is 172 g/mol. The van der Waals surface area contributed by atoms with Crippen LogP contribution in [0.3, 0.4) is 0 Å². The quantitative estimate of drug-likeness (QED) is 0.615. The Morgan fingerprint density at radius 1 is 1.75 bits per heavy atom. The molecule has 0 bridgehead atoms. The third kappa shape index (κ3) is 2.19. The van der Waals surface area contributed by atoms with Gasteiger partial charge in [0.15, 0.2) is 0 Å².